The van der Waals surface area contributed by atoms with Gasteiger partial charge in [-0.3, -0.25) is 4.79 Å². The van der Waals surface area contributed by atoms with Crippen LogP contribution in [0.1, 0.15) is 30.6 Å². The van der Waals surface area contributed by atoms with Crippen LogP contribution in [0.25, 0.3) is 0 Å². The van der Waals surface area contributed by atoms with E-state index in [2.05, 4.69) is 10.1 Å². The molecule has 1 N–H and O–H groups in total. The number of alkyl halides is 3. The minimum atomic E-state index is -2.91. The maximum absolute atomic E-state index is 12.1. The van der Waals surface area contributed by atoms with Crippen LogP contribution < -0.4 is 10.1 Å². The van der Waals surface area contributed by atoms with Crippen LogP contribution in [0.5, 0.6) is 5.75 Å². The number of ether oxygens (including phenoxy) is 1. The van der Waals surface area contributed by atoms with Crippen LogP contribution in [0.4, 0.5) is 8.78 Å². The Balaban J connectivity index is 2.55. The fourth-order valence-electron chi connectivity index (χ4n) is 1.71. The molecule has 0 saturated heterocycles. The molecule has 1 amide bonds. The minimum Gasteiger partial charge on any atom is -0.435 e. The average molecular weight is 306 g/mol. The second kappa shape index (κ2) is 8.04. The van der Waals surface area contributed by atoms with Gasteiger partial charge in [0.05, 0.1) is 5.38 Å². The Hall–Kier alpha value is -1.36. The topological polar surface area (TPSA) is 38.3 Å². The highest BCUT2D eigenvalue weighted by molar-refractivity contribution is 6.20. The van der Waals surface area contributed by atoms with Crippen LogP contribution >= 0.6 is 11.6 Å². The summed E-state index contributed by atoms with van der Waals surface area (Å²) in [5.41, 5.74) is 0.261. The summed E-state index contributed by atoms with van der Waals surface area (Å²) in [6.45, 7) is 1.51. The monoisotopic (exact) mass is 305 g/mol. The normalized spacial score (nSPS) is 12.6. The average Bonchev–Trinajstić information content (AvgIpc) is 2.34. The van der Waals surface area contributed by atoms with Crippen LogP contribution in [0, 0.1) is 5.92 Å². The Morgan fingerprint density at radius 3 is 2.70 bits per heavy atom. The lowest BCUT2D eigenvalue weighted by Gasteiger charge is -2.13. The first-order valence-corrected chi connectivity index (χ1v) is 6.79. The van der Waals surface area contributed by atoms with Crippen molar-refractivity contribution in [2.24, 2.45) is 5.92 Å². The van der Waals surface area contributed by atoms with Crippen LogP contribution in [0.3, 0.4) is 0 Å². The van der Waals surface area contributed by atoms with Gasteiger partial charge in [-0.05, 0) is 30.5 Å². The molecule has 0 bridgehead atoms. The largest absolute Gasteiger partial charge is 0.435 e. The van der Waals surface area contributed by atoms with Gasteiger partial charge in [0.15, 0.2) is 0 Å². The smallest absolute Gasteiger partial charge is 0.387 e. The summed E-state index contributed by atoms with van der Waals surface area (Å²) in [7, 11) is 0. The lowest BCUT2D eigenvalue weighted by molar-refractivity contribution is -0.0498. The molecule has 0 aliphatic heterocycles. The second-order valence-electron chi connectivity index (χ2n) is 4.84. The third-order valence-corrected chi connectivity index (χ3v) is 2.87. The molecule has 3 nitrogen and oxygen atoms in total. The number of nitrogens with one attached hydrogen (secondary N) is 1. The maximum Gasteiger partial charge on any atom is 0.387 e. The van der Waals surface area contributed by atoms with Gasteiger partial charge in [-0.1, -0.05) is 19.9 Å². The number of hydrogen-bond donors (Lipinski definition) is 1. The third kappa shape index (κ3) is 6.19. The van der Waals surface area contributed by atoms with Crippen molar-refractivity contribution in [3.05, 3.63) is 29.8 Å². The first-order valence-electron chi connectivity index (χ1n) is 6.35. The Kier molecular flexibility index (Phi) is 6.71. The van der Waals surface area contributed by atoms with Gasteiger partial charge in [0.1, 0.15) is 5.75 Å². The molecule has 1 aromatic rings. The van der Waals surface area contributed by atoms with Crippen LogP contribution in [0.2, 0.25) is 0 Å². The molecule has 1 aromatic carbocycles. The van der Waals surface area contributed by atoms with Crippen molar-refractivity contribution < 1.29 is 18.3 Å². The van der Waals surface area contributed by atoms with E-state index in [0.29, 0.717) is 12.5 Å². The van der Waals surface area contributed by atoms with E-state index in [4.69, 9.17) is 11.6 Å². The number of amides is 1. The predicted octanol–water partition coefficient (Wildman–Crippen LogP) is 3.67. The molecule has 20 heavy (non-hydrogen) atoms. The number of carbonyl (C=O) groups excluding carboxylic acids is 1. The highest BCUT2D eigenvalue weighted by Gasteiger charge is 2.12. The highest BCUT2D eigenvalue weighted by atomic mass is 35.5. The molecule has 6 heteroatoms. The van der Waals surface area contributed by atoms with Crippen LogP contribution in [0.15, 0.2) is 24.3 Å². The van der Waals surface area contributed by atoms with E-state index >= 15 is 0 Å². The predicted molar refractivity (Wildman–Crippen MR) is 74.5 cm³/mol. The second-order valence-corrected chi connectivity index (χ2v) is 5.46. The van der Waals surface area contributed by atoms with E-state index in [9.17, 15) is 13.6 Å². The fraction of sp³-hybridized carbons (Fsp3) is 0.500. The summed E-state index contributed by atoms with van der Waals surface area (Å²) in [5.74, 6) is 0.0357. The summed E-state index contributed by atoms with van der Waals surface area (Å²) in [6.07, 6.45) is 0.788. The lowest BCUT2D eigenvalue weighted by Crippen LogP contribution is -2.30. The molecular weight excluding hydrogens is 288 g/mol. The first-order chi connectivity index (χ1) is 9.38. The van der Waals surface area contributed by atoms with Gasteiger partial charge in [-0.2, -0.15) is 8.78 Å². The van der Waals surface area contributed by atoms with Crippen molar-refractivity contribution in [2.45, 2.75) is 32.3 Å². The zero-order chi connectivity index (χ0) is 15.1. The summed E-state index contributed by atoms with van der Waals surface area (Å²) in [6, 6.07) is 5.65. The van der Waals surface area contributed by atoms with Gasteiger partial charge < -0.3 is 10.1 Å². The van der Waals surface area contributed by atoms with Crippen LogP contribution in [-0.2, 0) is 0 Å². The Morgan fingerprint density at radius 2 is 2.10 bits per heavy atom. The van der Waals surface area contributed by atoms with Gasteiger partial charge in [0.2, 0.25) is 0 Å². The Labute approximate surface area is 122 Å². The van der Waals surface area contributed by atoms with Crippen molar-refractivity contribution >= 4 is 17.5 Å². The summed E-state index contributed by atoms with van der Waals surface area (Å²) in [5, 5.41) is 2.52. The fourth-order valence-corrected chi connectivity index (χ4v) is 2.15. The van der Waals surface area contributed by atoms with Gasteiger partial charge in [-0.15, -0.1) is 11.6 Å². The molecule has 1 rings (SSSR count). The number of hydrogen-bond acceptors (Lipinski definition) is 2. The van der Waals surface area contributed by atoms with E-state index in [1.807, 2.05) is 13.8 Å². The third-order valence-electron chi connectivity index (χ3n) is 2.53. The van der Waals surface area contributed by atoms with E-state index in [1.54, 1.807) is 0 Å². The molecule has 0 radical (unpaired) electrons. The number of benzene rings is 1. The van der Waals surface area contributed by atoms with E-state index in [0.717, 1.165) is 6.42 Å². The van der Waals surface area contributed by atoms with Crippen molar-refractivity contribution in [1.29, 1.82) is 0 Å². The number of carbonyl (C=O) groups is 1. The number of halogens is 3. The first kappa shape index (κ1) is 16.7. The van der Waals surface area contributed by atoms with Gasteiger partial charge >= 0.3 is 6.61 Å². The van der Waals surface area contributed by atoms with Crippen molar-refractivity contribution in [1.82, 2.24) is 5.32 Å². The molecule has 112 valence electrons. The molecular formula is C14H18ClF2NO2. The Morgan fingerprint density at radius 1 is 1.40 bits per heavy atom. The van der Waals surface area contributed by atoms with Crippen LogP contribution in [-0.4, -0.2) is 24.4 Å². The summed E-state index contributed by atoms with van der Waals surface area (Å²) in [4.78, 5) is 11.9. The highest BCUT2D eigenvalue weighted by Crippen LogP contribution is 2.16. The van der Waals surface area contributed by atoms with Crippen molar-refractivity contribution in [3.63, 3.8) is 0 Å². The molecule has 1 atom stereocenters. The van der Waals surface area contributed by atoms with Gasteiger partial charge in [-0.25, -0.2) is 0 Å². The standard InChI is InChI=1S/C14H18ClF2NO2/c1-9(2)6-11(15)8-18-13(19)10-4-3-5-12(7-10)20-14(16)17/h3-5,7,9,11,14H,6,8H2,1-2H3,(H,18,19). The van der Waals surface area contributed by atoms with Gasteiger partial charge in [0, 0.05) is 12.1 Å². The maximum atomic E-state index is 12.1. The number of rotatable bonds is 7. The van der Waals surface area contributed by atoms with E-state index < -0.39 is 6.61 Å². The zero-order valence-electron chi connectivity index (χ0n) is 11.4. The van der Waals surface area contributed by atoms with E-state index in [-0.39, 0.29) is 22.6 Å². The quantitative estimate of drug-likeness (QED) is 0.781. The molecule has 0 saturated carbocycles. The molecule has 0 aliphatic rings. The Bertz CT molecular complexity index is 441. The molecule has 0 fully saturated rings. The molecule has 1 unspecified atom stereocenters. The molecule has 0 aromatic heterocycles. The molecule has 0 aliphatic carbocycles. The summed E-state index contributed by atoms with van der Waals surface area (Å²) >= 11 is 6.07. The van der Waals surface area contributed by atoms with Crippen molar-refractivity contribution in [3.8, 4) is 5.75 Å². The lowest BCUT2D eigenvalue weighted by atomic mass is 10.1. The van der Waals surface area contributed by atoms with E-state index in [1.165, 1.54) is 24.3 Å². The SMILES string of the molecule is CC(C)CC(Cl)CNC(=O)c1cccc(OC(F)F)c1. The van der Waals surface area contributed by atoms with Gasteiger partial charge in [0.25, 0.3) is 5.91 Å². The van der Waals surface area contributed by atoms with Crippen molar-refractivity contribution in [2.75, 3.05) is 6.54 Å². The molecule has 0 heterocycles. The molecule has 0 spiro atoms. The summed E-state index contributed by atoms with van der Waals surface area (Å²) < 4.78 is 28.4. The minimum absolute atomic E-state index is 0.0442. The zero-order valence-corrected chi connectivity index (χ0v) is 12.2.